The van der Waals surface area contributed by atoms with E-state index in [1.807, 2.05) is 13.1 Å². The van der Waals surface area contributed by atoms with Gasteiger partial charge in [-0.3, -0.25) is 4.99 Å². The largest absolute Gasteiger partial charge is 0.493 e. The number of nitrogens with one attached hydrogen (secondary N) is 2. The van der Waals surface area contributed by atoms with Crippen molar-refractivity contribution < 1.29 is 4.74 Å². The third-order valence-electron chi connectivity index (χ3n) is 5.62. The van der Waals surface area contributed by atoms with Gasteiger partial charge in [-0.25, -0.2) is 0 Å². The standard InChI is InChI=1S/C19H29N3O/c1-3-19(10-6-11-19)14-22-18(20-2)21-13-15-9-12-23-17-8-5-4-7-16(15)17/h4-5,7-8,15H,3,6,9-14H2,1-2H3,(H2,20,21,22). The number of guanidine groups is 1. The molecule has 1 fully saturated rings. The molecule has 1 heterocycles. The monoisotopic (exact) mass is 315 g/mol. The minimum Gasteiger partial charge on any atom is -0.493 e. The summed E-state index contributed by atoms with van der Waals surface area (Å²) >= 11 is 0. The van der Waals surface area contributed by atoms with E-state index in [0.29, 0.717) is 11.3 Å². The lowest BCUT2D eigenvalue weighted by Crippen LogP contribution is -2.47. The van der Waals surface area contributed by atoms with Gasteiger partial charge in [0, 0.05) is 26.1 Å². The van der Waals surface area contributed by atoms with Crippen LogP contribution >= 0.6 is 0 Å². The molecule has 0 spiro atoms. The summed E-state index contributed by atoms with van der Waals surface area (Å²) in [6.07, 6.45) is 6.38. The van der Waals surface area contributed by atoms with Gasteiger partial charge in [-0.05, 0) is 42.7 Å². The highest BCUT2D eigenvalue weighted by molar-refractivity contribution is 5.79. The molecule has 126 valence electrons. The normalized spacial score (nSPS) is 22.5. The maximum atomic E-state index is 5.74. The van der Waals surface area contributed by atoms with Crippen molar-refractivity contribution in [1.82, 2.24) is 10.6 Å². The molecule has 4 nitrogen and oxygen atoms in total. The molecule has 1 atom stereocenters. The highest BCUT2D eigenvalue weighted by Crippen LogP contribution is 2.43. The highest BCUT2D eigenvalue weighted by atomic mass is 16.5. The number of para-hydroxylation sites is 1. The Hall–Kier alpha value is -1.71. The fourth-order valence-electron chi connectivity index (χ4n) is 3.67. The van der Waals surface area contributed by atoms with E-state index in [2.05, 4.69) is 40.7 Å². The fourth-order valence-corrected chi connectivity index (χ4v) is 3.67. The molecule has 1 aromatic carbocycles. The summed E-state index contributed by atoms with van der Waals surface area (Å²) in [4.78, 5) is 4.39. The van der Waals surface area contributed by atoms with Crippen LogP contribution in [-0.4, -0.2) is 32.7 Å². The summed E-state index contributed by atoms with van der Waals surface area (Å²) in [6.45, 7) is 5.04. The third kappa shape index (κ3) is 3.62. The van der Waals surface area contributed by atoms with Crippen molar-refractivity contribution in [3.8, 4) is 5.75 Å². The van der Waals surface area contributed by atoms with E-state index < -0.39 is 0 Å². The van der Waals surface area contributed by atoms with Gasteiger partial charge in [-0.2, -0.15) is 0 Å². The van der Waals surface area contributed by atoms with Gasteiger partial charge < -0.3 is 15.4 Å². The second-order valence-corrected chi connectivity index (χ2v) is 6.89. The lowest BCUT2D eigenvalue weighted by molar-refractivity contribution is 0.131. The molecule has 1 aliphatic heterocycles. The summed E-state index contributed by atoms with van der Waals surface area (Å²) in [7, 11) is 1.85. The number of fused-ring (bicyclic) bond motifs is 1. The van der Waals surface area contributed by atoms with E-state index in [1.165, 1.54) is 31.2 Å². The van der Waals surface area contributed by atoms with Crippen LogP contribution in [0, 0.1) is 5.41 Å². The van der Waals surface area contributed by atoms with E-state index in [0.717, 1.165) is 37.8 Å². The zero-order valence-electron chi connectivity index (χ0n) is 14.4. The molecule has 0 aromatic heterocycles. The predicted molar refractivity (Wildman–Crippen MR) is 95.2 cm³/mol. The highest BCUT2D eigenvalue weighted by Gasteiger charge is 2.35. The molecule has 4 heteroatoms. The van der Waals surface area contributed by atoms with Crippen LogP contribution < -0.4 is 15.4 Å². The van der Waals surface area contributed by atoms with E-state index >= 15 is 0 Å². The van der Waals surface area contributed by atoms with Crippen molar-refractivity contribution in [1.29, 1.82) is 0 Å². The Balaban J connectivity index is 1.53. The van der Waals surface area contributed by atoms with Crippen LogP contribution in [-0.2, 0) is 0 Å². The summed E-state index contributed by atoms with van der Waals surface area (Å²) in [6, 6.07) is 8.38. The number of aliphatic imine (C=N–C) groups is 1. The van der Waals surface area contributed by atoms with Crippen molar-refractivity contribution in [2.75, 3.05) is 26.7 Å². The number of rotatable bonds is 5. The molecular weight excluding hydrogens is 286 g/mol. The zero-order valence-corrected chi connectivity index (χ0v) is 14.4. The van der Waals surface area contributed by atoms with Crippen LogP contribution in [0.4, 0.5) is 0 Å². The second-order valence-electron chi connectivity index (χ2n) is 6.89. The van der Waals surface area contributed by atoms with E-state index in [9.17, 15) is 0 Å². The van der Waals surface area contributed by atoms with E-state index in [-0.39, 0.29) is 0 Å². The summed E-state index contributed by atoms with van der Waals surface area (Å²) in [5.41, 5.74) is 1.81. The summed E-state index contributed by atoms with van der Waals surface area (Å²) < 4.78 is 5.74. The minimum absolute atomic E-state index is 0.488. The first-order valence-electron chi connectivity index (χ1n) is 8.92. The Bertz CT molecular complexity index is 546. The lowest BCUT2D eigenvalue weighted by Gasteiger charge is -2.41. The molecule has 1 saturated carbocycles. The molecule has 0 saturated heterocycles. The molecule has 0 bridgehead atoms. The molecule has 1 aromatic rings. The van der Waals surface area contributed by atoms with Crippen LogP contribution in [0.3, 0.4) is 0 Å². The average Bonchev–Trinajstić information content (AvgIpc) is 2.57. The first-order valence-corrected chi connectivity index (χ1v) is 8.92. The Kier molecular flexibility index (Phi) is 5.09. The Morgan fingerprint density at radius 1 is 1.30 bits per heavy atom. The molecule has 0 amide bonds. The number of nitrogens with zero attached hydrogens (tertiary/aromatic N) is 1. The fraction of sp³-hybridized carbons (Fsp3) is 0.632. The van der Waals surface area contributed by atoms with Gasteiger partial charge in [0.2, 0.25) is 0 Å². The Morgan fingerprint density at radius 3 is 2.83 bits per heavy atom. The van der Waals surface area contributed by atoms with Crippen molar-refractivity contribution in [2.45, 2.75) is 44.9 Å². The second kappa shape index (κ2) is 7.24. The number of ether oxygens (including phenoxy) is 1. The number of hydrogen-bond acceptors (Lipinski definition) is 2. The molecule has 1 unspecified atom stereocenters. The maximum Gasteiger partial charge on any atom is 0.191 e. The lowest BCUT2D eigenvalue weighted by atomic mass is 9.67. The van der Waals surface area contributed by atoms with Gasteiger partial charge in [0.05, 0.1) is 6.61 Å². The molecule has 2 aliphatic rings. The van der Waals surface area contributed by atoms with Gasteiger partial charge >= 0.3 is 0 Å². The molecule has 0 radical (unpaired) electrons. The third-order valence-corrected chi connectivity index (χ3v) is 5.62. The Labute approximate surface area is 139 Å². The van der Waals surface area contributed by atoms with Crippen molar-refractivity contribution in [2.24, 2.45) is 10.4 Å². The Morgan fingerprint density at radius 2 is 2.13 bits per heavy atom. The molecular formula is C19H29N3O. The molecule has 2 N–H and O–H groups in total. The van der Waals surface area contributed by atoms with E-state index in [4.69, 9.17) is 4.74 Å². The van der Waals surface area contributed by atoms with Crippen LogP contribution in [0.1, 0.15) is 50.5 Å². The number of hydrogen-bond donors (Lipinski definition) is 2. The average molecular weight is 315 g/mol. The SMILES string of the molecule is CCC1(CNC(=NC)NCC2CCOc3ccccc32)CCC1. The van der Waals surface area contributed by atoms with Crippen molar-refractivity contribution >= 4 is 5.96 Å². The summed E-state index contributed by atoms with van der Waals surface area (Å²) in [5, 5.41) is 7.04. The van der Waals surface area contributed by atoms with Crippen LogP contribution in [0.25, 0.3) is 0 Å². The van der Waals surface area contributed by atoms with Gasteiger partial charge in [0.1, 0.15) is 5.75 Å². The quantitative estimate of drug-likeness (QED) is 0.647. The van der Waals surface area contributed by atoms with Gasteiger partial charge in [-0.1, -0.05) is 31.5 Å². The van der Waals surface area contributed by atoms with Gasteiger partial charge in [0.15, 0.2) is 5.96 Å². The topological polar surface area (TPSA) is 45.7 Å². The summed E-state index contributed by atoms with van der Waals surface area (Å²) in [5.74, 6) is 2.45. The van der Waals surface area contributed by atoms with Crippen LogP contribution in [0.5, 0.6) is 5.75 Å². The molecule has 3 rings (SSSR count). The first kappa shape index (κ1) is 16.2. The maximum absolute atomic E-state index is 5.74. The smallest absolute Gasteiger partial charge is 0.191 e. The first-order chi connectivity index (χ1) is 11.3. The zero-order chi connectivity index (χ0) is 16.1. The van der Waals surface area contributed by atoms with Gasteiger partial charge in [0.25, 0.3) is 0 Å². The van der Waals surface area contributed by atoms with Gasteiger partial charge in [-0.15, -0.1) is 0 Å². The minimum atomic E-state index is 0.488. The predicted octanol–water partition coefficient (Wildman–Crippen LogP) is 3.30. The van der Waals surface area contributed by atoms with Crippen LogP contribution in [0.2, 0.25) is 0 Å². The van der Waals surface area contributed by atoms with Crippen LogP contribution in [0.15, 0.2) is 29.3 Å². The molecule has 1 aliphatic carbocycles. The van der Waals surface area contributed by atoms with Crippen molar-refractivity contribution in [3.63, 3.8) is 0 Å². The van der Waals surface area contributed by atoms with Crippen molar-refractivity contribution in [3.05, 3.63) is 29.8 Å². The molecule has 23 heavy (non-hydrogen) atoms. The van der Waals surface area contributed by atoms with E-state index in [1.54, 1.807) is 0 Å². The number of benzene rings is 1.